The molecule has 4 heteroatoms. The maximum atomic E-state index is 13.5. The molecule has 0 radical (unpaired) electrons. The number of halogens is 4. The van der Waals surface area contributed by atoms with Crippen LogP contribution in [0.2, 0.25) is 10.0 Å². The van der Waals surface area contributed by atoms with Crippen LogP contribution in [-0.2, 0) is 6.42 Å². The molecular formula is C14H10BrCl2F. The van der Waals surface area contributed by atoms with Crippen LogP contribution in [0.5, 0.6) is 0 Å². The highest BCUT2D eigenvalue weighted by atomic mass is 79.9. The molecule has 0 nitrogen and oxygen atoms in total. The third-order valence-corrected chi connectivity index (χ3v) is 4.25. The monoisotopic (exact) mass is 346 g/mol. The molecular weight excluding hydrogens is 338 g/mol. The molecule has 18 heavy (non-hydrogen) atoms. The average molecular weight is 348 g/mol. The van der Waals surface area contributed by atoms with Gasteiger partial charge in [-0.1, -0.05) is 63.4 Å². The van der Waals surface area contributed by atoms with E-state index < -0.39 is 0 Å². The van der Waals surface area contributed by atoms with E-state index in [9.17, 15) is 4.39 Å². The lowest BCUT2D eigenvalue weighted by molar-refractivity contribution is 0.608. The van der Waals surface area contributed by atoms with Gasteiger partial charge in [0.25, 0.3) is 0 Å². The second kappa shape index (κ2) is 6.05. The van der Waals surface area contributed by atoms with Gasteiger partial charge in [0, 0.05) is 4.83 Å². The summed E-state index contributed by atoms with van der Waals surface area (Å²) in [4.78, 5) is 0.00386. The van der Waals surface area contributed by atoms with E-state index in [0.29, 0.717) is 22.0 Å². The summed E-state index contributed by atoms with van der Waals surface area (Å²) in [7, 11) is 0. The van der Waals surface area contributed by atoms with Gasteiger partial charge in [0.2, 0.25) is 0 Å². The predicted octanol–water partition coefficient (Wildman–Crippen LogP) is 5.81. The van der Waals surface area contributed by atoms with Crippen molar-refractivity contribution in [2.75, 3.05) is 0 Å². The zero-order chi connectivity index (χ0) is 13.1. The molecule has 0 aromatic heterocycles. The third-order valence-electron chi connectivity index (χ3n) is 2.66. The first-order chi connectivity index (χ1) is 8.58. The summed E-state index contributed by atoms with van der Waals surface area (Å²) in [5.74, 6) is -0.193. The molecule has 0 spiro atoms. The van der Waals surface area contributed by atoms with Crippen molar-refractivity contribution in [3.8, 4) is 0 Å². The zero-order valence-corrected chi connectivity index (χ0v) is 12.4. The first-order valence-corrected chi connectivity index (χ1v) is 7.07. The summed E-state index contributed by atoms with van der Waals surface area (Å²) >= 11 is 15.4. The fraction of sp³-hybridized carbons (Fsp3) is 0.143. The Morgan fingerprint density at radius 3 is 2.44 bits per heavy atom. The second-order valence-electron chi connectivity index (χ2n) is 3.94. The lowest BCUT2D eigenvalue weighted by Crippen LogP contribution is -1.98. The fourth-order valence-corrected chi connectivity index (χ4v) is 2.62. The van der Waals surface area contributed by atoms with Crippen LogP contribution in [0.25, 0.3) is 0 Å². The van der Waals surface area contributed by atoms with Gasteiger partial charge in [-0.2, -0.15) is 0 Å². The smallest absolute Gasteiger partial charge is 0.126 e. The van der Waals surface area contributed by atoms with E-state index >= 15 is 0 Å². The highest BCUT2D eigenvalue weighted by molar-refractivity contribution is 9.09. The first-order valence-electron chi connectivity index (χ1n) is 5.40. The average Bonchev–Trinajstić information content (AvgIpc) is 2.35. The van der Waals surface area contributed by atoms with Crippen LogP contribution in [0, 0.1) is 5.82 Å². The molecule has 1 unspecified atom stereocenters. The maximum absolute atomic E-state index is 13.5. The molecule has 0 aliphatic carbocycles. The van der Waals surface area contributed by atoms with Crippen molar-refractivity contribution < 1.29 is 4.39 Å². The van der Waals surface area contributed by atoms with Gasteiger partial charge in [-0.15, -0.1) is 0 Å². The summed E-state index contributed by atoms with van der Waals surface area (Å²) in [5.41, 5.74) is 1.65. The lowest BCUT2D eigenvalue weighted by atomic mass is 10.0. The number of rotatable bonds is 3. The van der Waals surface area contributed by atoms with Crippen molar-refractivity contribution in [2.45, 2.75) is 11.2 Å². The Hall–Kier alpha value is -0.570. The molecule has 0 bridgehead atoms. The summed E-state index contributed by atoms with van der Waals surface area (Å²) in [5, 5.41) is 1.03. The number of benzene rings is 2. The predicted molar refractivity (Wildman–Crippen MR) is 78.2 cm³/mol. The zero-order valence-electron chi connectivity index (χ0n) is 9.34. The van der Waals surface area contributed by atoms with Gasteiger partial charge in [0.05, 0.1) is 10.0 Å². The summed E-state index contributed by atoms with van der Waals surface area (Å²) in [6.07, 6.45) is 0.560. The SMILES string of the molecule is Fc1ccccc1CC(Br)c1ccc(Cl)c(Cl)c1. The highest BCUT2D eigenvalue weighted by Crippen LogP contribution is 2.32. The molecule has 0 N–H and O–H groups in total. The van der Waals surface area contributed by atoms with Crippen molar-refractivity contribution in [3.05, 3.63) is 69.5 Å². The van der Waals surface area contributed by atoms with Gasteiger partial charge in [-0.25, -0.2) is 4.39 Å². The van der Waals surface area contributed by atoms with E-state index in [1.807, 2.05) is 12.1 Å². The third kappa shape index (κ3) is 3.25. The molecule has 0 fully saturated rings. The van der Waals surface area contributed by atoms with Gasteiger partial charge >= 0.3 is 0 Å². The van der Waals surface area contributed by atoms with E-state index in [4.69, 9.17) is 23.2 Å². The Morgan fingerprint density at radius 1 is 1.06 bits per heavy atom. The Kier molecular flexibility index (Phi) is 4.66. The van der Waals surface area contributed by atoms with E-state index in [1.54, 1.807) is 24.3 Å². The van der Waals surface area contributed by atoms with Gasteiger partial charge in [0.1, 0.15) is 5.82 Å². The van der Waals surface area contributed by atoms with Gasteiger partial charge in [-0.05, 0) is 35.7 Å². The Morgan fingerprint density at radius 2 is 1.78 bits per heavy atom. The molecule has 0 aliphatic rings. The van der Waals surface area contributed by atoms with E-state index in [1.165, 1.54) is 6.07 Å². The molecule has 2 aromatic rings. The van der Waals surface area contributed by atoms with Crippen LogP contribution >= 0.6 is 39.1 Å². The molecule has 2 rings (SSSR count). The van der Waals surface area contributed by atoms with Crippen molar-refractivity contribution in [2.24, 2.45) is 0 Å². The lowest BCUT2D eigenvalue weighted by Gasteiger charge is -2.11. The topological polar surface area (TPSA) is 0 Å². The van der Waals surface area contributed by atoms with Crippen LogP contribution in [0.3, 0.4) is 0 Å². The van der Waals surface area contributed by atoms with Crippen molar-refractivity contribution in [1.82, 2.24) is 0 Å². The van der Waals surface area contributed by atoms with Gasteiger partial charge in [0.15, 0.2) is 0 Å². The molecule has 1 atom stereocenters. The Labute approximate surface area is 124 Å². The number of alkyl halides is 1. The van der Waals surface area contributed by atoms with Crippen LogP contribution in [-0.4, -0.2) is 0 Å². The van der Waals surface area contributed by atoms with Crippen LogP contribution < -0.4 is 0 Å². The Bertz CT molecular complexity index is 557. The highest BCUT2D eigenvalue weighted by Gasteiger charge is 2.12. The van der Waals surface area contributed by atoms with Crippen molar-refractivity contribution in [1.29, 1.82) is 0 Å². The van der Waals surface area contributed by atoms with Crippen molar-refractivity contribution >= 4 is 39.1 Å². The number of hydrogen-bond acceptors (Lipinski definition) is 0. The maximum Gasteiger partial charge on any atom is 0.126 e. The van der Waals surface area contributed by atoms with E-state index in [2.05, 4.69) is 15.9 Å². The first kappa shape index (κ1) is 13.9. The normalized spacial score (nSPS) is 12.4. The van der Waals surface area contributed by atoms with Gasteiger partial charge in [-0.3, -0.25) is 0 Å². The molecule has 0 saturated heterocycles. The Balaban J connectivity index is 2.19. The minimum Gasteiger partial charge on any atom is -0.207 e. The minimum absolute atomic E-state index is 0.00386. The van der Waals surface area contributed by atoms with Gasteiger partial charge < -0.3 is 0 Å². The molecule has 0 heterocycles. The minimum atomic E-state index is -0.193. The summed E-state index contributed by atoms with van der Waals surface area (Å²) in [6.45, 7) is 0. The quantitative estimate of drug-likeness (QED) is 0.614. The van der Waals surface area contributed by atoms with Crippen LogP contribution in [0.15, 0.2) is 42.5 Å². The molecule has 94 valence electrons. The molecule has 2 aromatic carbocycles. The standard InChI is InChI=1S/C14H10BrCl2F/c15-11(7-10-3-1-2-4-14(10)18)9-5-6-12(16)13(17)8-9/h1-6,8,11H,7H2. The molecule has 0 saturated carbocycles. The largest absolute Gasteiger partial charge is 0.207 e. The van der Waals surface area contributed by atoms with E-state index in [-0.39, 0.29) is 10.6 Å². The van der Waals surface area contributed by atoms with Crippen LogP contribution in [0.4, 0.5) is 4.39 Å². The van der Waals surface area contributed by atoms with Crippen LogP contribution in [0.1, 0.15) is 16.0 Å². The molecule has 0 amide bonds. The molecule has 0 aliphatic heterocycles. The van der Waals surface area contributed by atoms with Crippen molar-refractivity contribution in [3.63, 3.8) is 0 Å². The second-order valence-corrected chi connectivity index (χ2v) is 5.86. The summed E-state index contributed by atoms with van der Waals surface area (Å²) in [6, 6.07) is 12.2. The summed E-state index contributed by atoms with van der Waals surface area (Å²) < 4.78 is 13.5. The number of hydrogen-bond donors (Lipinski definition) is 0. The fourth-order valence-electron chi connectivity index (χ4n) is 1.68. The van der Waals surface area contributed by atoms with E-state index in [0.717, 1.165) is 5.56 Å².